The van der Waals surface area contributed by atoms with E-state index in [2.05, 4.69) is 30.9 Å². The Balaban J connectivity index is 2.72. The lowest BCUT2D eigenvalue weighted by molar-refractivity contribution is 0.0786. The highest BCUT2D eigenvalue weighted by Crippen LogP contribution is 2.20. The van der Waals surface area contributed by atoms with E-state index in [1.807, 2.05) is 26.0 Å². The summed E-state index contributed by atoms with van der Waals surface area (Å²) < 4.78 is 0. The van der Waals surface area contributed by atoms with Crippen LogP contribution in [0.4, 0.5) is 0 Å². The highest BCUT2D eigenvalue weighted by Gasteiger charge is 2.15. The van der Waals surface area contributed by atoms with Gasteiger partial charge in [-0.15, -0.1) is 0 Å². The molecule has 2 heteroatoms. The van der Waals surface area contributed by atoms with Crippen molar-refractivity contribution in [3.05, 3.63) is 35.4 Å². The summed E-state index contributed by atoms with van der Waals surface area (Å²) in [6, 6.07) is 8.23. The summed E-state index contributed by atoms with van der Waals surface area (Å²) in [5.74, 6) is 0. The van der Waals surface area contributed by atoms with Gasteiger partial charge in [0.25, 0.3) is 0 Å². The minimum absolute atomic E-state index is 0.742. The first-order chi connectivity index (χ1) is 7.47. The van der Waals surface area contributed by atoms with Crippen LogP contribution in [0.3, 0.4) is 0 Å². The molecule has 0 heterocycles. The Morgan fingerprint density at radius 1 is 1.06 bits per heavy atom. The predicted molar refractivity (Wildman–Crippen MR) is 68.3 cm³/mol. The van der Waals surface area contributed by atoms with Crippen molar-refractivity contribution in [3.63, 3.8) is 0 Å². The van der Waals surface area contributed by atoms with Crippen molar-refractivity contribution >= 4 is 0 Å². The van der Waals surface area contributed by atoms with Crippen molar-refractivity contribution in [3.8, 4) is 0 Å². The second kappa shape index (κ2) is 5.46. The van der Waals surface area contributed by atoms with Gasteiger partial charge in [-0.25, -0.2) is 0 Å². The van der Waals surface area contributed by atoms with Crippen molar-refractivity contribution in [2.75, 3.05) is 13.1 Å². The standard InChI is InChI=1S/C14H23NO/c1-5-15(6-2)11-12-7-9-13(10-8-12)14(3,4)16/h7-10,16H,5-6,11H2,1-4H3. The minimum Gasteiger partial charge on any atom is -0.386 e. The molecule has 0 saturated heterocycles. The normalized spacial score (nSPS) is 12.1. The van der Waals surface area contributed by atoms with Crippen LogP contribution >= 0.6 is 0 Å². The molecule has 0 radical (unpaired) electrons. The van der Waals surface area contributed by atoms with Gasteiger partial charge in [0.05, 0.1) is 5.60 Å². The fourth-order valence-electron chi connectivity index (χ4n) is 1.72. The van der Waals surface area contributed by atoms with Gasteiger partial charge in [0.1, 0.15) is 0 Å². The Bertz CT molecular complexity index is 307. The Hall–Kier alpha value is -0.860. The number of hydrogen-bond acceptors (Lipinski definition) is 2. The molecule has 0 atom stereocenters. The molecule has 1 aromatic rings. The third kappa shape index (κ3) is 3.62. The average Bonchev–Trinajstić information content (AvgIpc) is 2.25. The third-order valence-electron chi connectivity index (χ3n) is 2.96. The van der Waals surface area contributed by atoms with E-state index in [-0.39, 0.29) is 0 Å². The van der Waals surface area contributed by atoms with Crippen LogP contribution in [0.2, 0.25) is 0 Å². The van der Waals surface area contributed by atoms with Crippen molar-refractivity contribution < 1.29 is 5.11 Å². The summed E-state index contributed by atoms with van der Waals surface area (Å²) in [4.78, 5) is 2.37. The van der Waals surface area contributed by atoms with Gasteiger partial charge < -0.3 is 5.11 Å². The van der Waals surface area contributed by atoms with Crippen LogP contribution in [0, 0.1) is 0 Å². The summed E-state index contributed by atoms with van der Waals surface area (Å²) in [5, 5.41) is 9.84. The van der Waals surface area contributed by atoms with Gasteiger partial charge in [-0.2, -0.15) is 0 Å². The number of rotatable bonds is 5. The summed E-state index contributed by atoms with van der Waals surface area (Å²) in [6.45, 7) is 11.1. The second-order valence-corrected chi connectivity index (χ2v) is 4.72. The van der Waals surface area contributed by atoms with Gasteiger partial charge >= 0.3 is 0 Å². The molecule has 0 aliphatic heterocycles. The first kappa shape index (κ1) is 13.2. The van der Waals surface area contributed by atoms with Crippen LogP contribution in [0.25, 0.3) is 0 Å². The Kier molecular flexibility index (Phi) is 4.51. The van der Waals surface area contributed by atoms with E-state index in [1.54, 1.807) is 0 Å². The summed E-state index contributed by atoms with van der Waals surface area (Å²) in [5.41, 5.74) is 1.53. The molecule has 0 fully saturated rings. The van der Waals surface area contributed by atoms with Gasteiger partial charge in [-0.05, 0) is 38.1 Å². The van der Waals surface area contributed by atoms with E-state index < -0.39 is 5.60 Å². The molecule has 0 aliphatic carbocycles. The molecule has 0 unspecified atom stereocenters. The Labute approximate surface area is 98.9 Å². The molecule has 0 amide bonds. The largest absolute Gasteiger partial charge is 0.386 e. The van der Waals surface area contributed by atoms with Gasteiger partial charge in [0.2, 0.25) is 0 Å². The lowest BCUT2D eigenvalue weighted by Crippen LogP contribution is -2.22. The van der Waals surface area contributed by atoms with Gasteiger partial charge in [0, 0.05) is 6.54 Å². The van der Waals surface area contributed by atoms with Crippen LogP contribution in [0.15, 0.2) is 24.3 Å². The zero-order valence-electron chi connectivity index (χ0n) is 10.8. The first-order valence-corrected chi connectivity index (χ1v) is 6.01. The maximum Gasteiger partial charge on any atom is 0.0840 e. The highest BCUT2D eigenvalue weighted by molar-refractivity contribution is 5.26. The Morgan fingerprint density at radius 3 is 1.94 bits per heavy atom. The summed E-state index contributed by atoms with van der Waals surface area (Å²) in [7, 11) is 0. The van der Waals surface area contributed by atoms with Crippen LogP contribution in [-0.4, -0.2) is 23.1 Å². The monoisotopic (exact) mass is 221 g/mol. The molecule has 0 bridgehead atoms. The molecular formula is C14H23NO. The molecule has 0 aliphatic rings. The Morgan fingerprint density at radius 2 is 1.56 bits per heavy atom. The molecule has 0 spiro atoms. The quantitative estimate of drug-likeness (QED) is 0.826. The van der Waals surface area contributed by atoms with E-state index in [4.69, 9.17) is 0 Å². The number of aliphatic hydroxyl groups is 1. The third-order valence-corrected chi connectivity index (χ3v) is 2.96. The van der Waals surface area contributed by atoms with Gasteiger partial charge in [-0.1, -0.05) is 38.1 Å². The molecule has 1 aromatic carbocycles. The molecule has 0 saturated carbocycles. The van der Waals surface area contributed by atoms with Gasteiger partial charge in [0.15, 0.2) is 0 Å². The SMILES string of the molecule is CCN(CC)Cc1ccc(C(C)(C)O)cc1. The molecule has 90 valence electrons. The average molecular weight is 221 g/mol. The number of benzene rings is 1. The van der Waals surface area contributed by atoms with Gasteiger partial charge in [-0.3, -0.25) is 4.90 Å². The van der Waals surface area contributed by atoms with Crippen LogP contribution in [0.5, 0.6) is 0 Å². The molecule has 1 rings (SSSR count). The van der Waals surface area contributed by atoms with E-state index in [9.17, 15) is 5.11 Å². The van der Waals surface area contributed by atoms with Crippen LogP contribution in [0.1, 0.15) is 38.8 Å². The molecular weight excluding hydrogens is 198 g/mol. The molecule has 16 heavy (non-hydrogen) atoms. The molecule has 2 nitrogen and oxygen atoms in total. The molecule has 1 N–H and O–H groups in total. The van der Waals surface area contributed by atoms with Crippen molar-refractivity contribution in [2.24, 2.45) is 0 Å². The van der Waals surface area contributed by atoms with Crippen molar-refractivity contribution in [2.45, 2.75) is 39.8 Å². The minimum atomic E-state index is -0.742. The fourth-order valence-corrected chi connectivity index (χ4v) is 1.72. The number of hydrogen-bond donors (Lipinski definition) is 1. The van der Waals surface area contributed by atoms with Crippen LogP contribution in [-0.2, 0) is 12.1 Å². The lowest BCUT2D eigenvalue weighted by Gasteiger charge is -2.20. The highest BCUT2D eigenvalue weighted by atomic mass is 16.3. The summed E-state index contributed by atoms with van der Waals surface area (Å²) >= 11 is 0. The van der Waals surface area contributed by atoms with E-state index in [1.165, 1.54) is 5.56 Å². The second-order valence-electron chi connectivity index (χ2n) is 4.72. The maximum atomic E-state index is 9.84. The van der Waals surface area contributed by atoms with Crippen molar-refractivity contribution in [1.29, 1.82) is 0 Å². The summed E-state index contributed by atoms with van der Waals surface area (Å²) in [6.07, 6.45) is 0. The maximum absolute atomic E-state index is 9.84. The lowest BCUT2D eigenvalue weighted by atomic mass is 9.97. The predicted octanol–water partition coefficient (Wildman–Crippen LogP) is 2.76. The molecule has 0 aromatic heterocycles. The zero-order chi connectivity index (χ0) is 12.2. The fraction of sp³-hybridized carbons (Fsp3) is 0.571. The van der Waals surface area contributed by atoms with Crippen molar-refractivity contribution in [1.82, 2.24) is 4.90 Å². The number of nitrogens with zero attached hydrogens (tertiary/aromatic N) is 1. The van der Waals surface area contributed by atoms with E-state index in [0.717, 1.165) is 25.2 Å². The van der Waals surface area contributed by atoms with E-state index in [0.29, 0.717) is 0 Å². The topological polar surface area (TPSA) is 23.5 Å². The van der Waals surface area contributed by atoms with Crippen LogP contribution < -0.4 is 0 Å². The first-order valence-electron chi connectivity index (χ1n) is 6.01. The smallest absolute Gasteiger partial charge is 0.0840 e. The van der Waals surface area contributed by atoms with E-state index >= 15 is 0 Å². The zero-order valence-corrected chi connectivity index (χ0v) is 10.8.